The zero-order chi connectivity index (χ0) is 13.1. The standard InChI is InChI=1S/C14H22FN3/c1-11-10-17(3)4-5-18(11)14-7-12(9-16-2)6-13(15)8-14/h6-8,11,16H,4-5,9-10H2,1-3H3. The molecule has 1 atom stereocenters. The van der Waals surface area contributed by atoms with E-state index < -0.39 is 0 Å². The summed E-state index contributed by atoms with van der Waals surface area (Å²) in [7, 11) is 4.01. The maximum atomic E-state index is 13.6. The fraction of sp³-hybridized carbons (Fsp3) is 0.571. The lowest BCUT2D eigenvalue weighted by atomic mass is 10.1. The molecule has 1 aliphatic heterocycles. The molecule has 1 unspecified atom stereocenters. The Bertz CT molecular complexity index is 408. The summed E-state index contributed by atoms with van der Waals surface area (Å²) in [5.74, 6) is -0.149. The molecule has 0 bridgehead atoms. The maximum Gasteiger partial charge on any atom is 0.125 e. The Morgan fingerprint density at radius 1 is 1.33 bits per heavy atom. The minimum absolute atomic E-state index is 0.149. The highest BCUT2D eigenvalue weighted by molar-refractivity contribution is 5.50. The molecule has 3 nitrogen and oxygen atoms in total. The van der Waals surface area contributed by atoms with Crippen LogP contribution in [0.2, 0.25) is 0 Å². The molecule has 0 saturated carbocycles. The second kappa shape index (κ2) is 5.67. The molecule has 0 aromatic heterocycles. The quantitative estimate of drug-likeness (QED) is 0.882. The minimum atomic E-state index is -0.149. The van der Waals surface area contributed by atoms with Crippen molar-refractivity contribution >= 4 is 5.69 Å². The van der Waals surface area contributed by atoms with Crippen molar-refractivity contribution in [3.63, 3.8) is 0 Å². The summed E-state index contributed by atoms with van der Waals surface area (Å²) >= 11 is 0. The fourth-order valence-electron chi connectivity index (χ4n) is 2.63. The largest absolute Gasteiger partial charge is 0.366 e. The van der Waals surface area contributed by atoms with Crippen molar-refractivity contribution in [3.8, 4) is 0 Å². The minimum Gasteiger partial charge on any atom is -0.366 e. The lowest BCUT2D eigenvalue weighted by Crippen LogP contribution is -2.50. The summed E-state index contributed by atoms with van der Waals surface area (Å²) in [6.45, 7) is 5.91. The second-order valence-electron chi connectivity index (χ2n) is 5.15. The van der Waals surface area contributed by atoms with Gasteiger partial charge in [0.25, 0.3) is 0 Å². The molecular formula is C14H22FN3. The third-order valence-corrected chi connectivity index (χ3v) is 3.49. The summed E-state index contributed by atoms with van der Waals surface area (Å²) < 4.78 is 13.6. The number of hydrogen-bond donors (Lipinski definition) is 1. The number of benzene rings is 1. The van der Waals surface area contributed by atoms with E-state index in [4.69, 9.17) is 0 Å². The molecule has 1 N–H and O–H groups in total. The van der Waals surface area contributed by atoms with Crippen LogP contribution in [-0.4, -0.2) is 44.7 Å². The molecular weight excluding hydrogens is 229 g/mol. The molecule has 1 aromatic carbocycles. The first-order chi connectivity index (χ1) is 8.60. The van der Waals surface area contributed by atoms with E-state index in [9.17, 15) is 4.39 Å². The number of piperazine rings is 1. The van der Waals surface area contributed by atoms with Gasteiger partial charge < -0.3 is 15.1 Å². The number of likely N-dealkylation sites (N-methyl/N-ethyl adjacent to an activating group) is 1. The van der Waals surface area contributed by atoms with Crippen LogP contribution in [0.15, 0.2) is 18.2 Å². The van der Waals surface area contributed by atoms with Crippen LogP contribution in [0, 0.1) is 5.82 Å². The number of nitrogens with zero attached hydrogens (tertiary/aromatic N) is 2. The van der Waals surface area contributed by atoms with E-state index >= 15 is 0 Å². The van der Waals surface area contributed by atoms with Gasteiger partial charge in [-0.2, -0.15) is 0 Å². The molecule has 18 heavy (non-hydrogen) atoms. The number of nitrogens with one attached hydrogen (secondary N) is 1. The normalized spacial score (nSPS) is 21.3. The van der Waals surface area contributed by atoms with Gasteiger partial charge in [0.15, 0.2) is 0 Å². The molecule has 0 amide bonds. The Balaban J connectivity index is 2.21. The van der Waals surface area contributed by atoms with Crippen molar-refractivity contribution in [1.29, 1.82) is 0 Å². The van der Waals surface area contributed by atoms with Crippen LogP contribution in [0.4, 0.5) is 10.1 Å². The Hall–Kier alpha value is -1.13. The summed E-state index contributed by atoms with van der Waals surface area (Å²) in [4.78, 5) is 4.61. The predicted octanol–water partition coefficient (Wildman–Crippen LogP) is 1.69. The van der Waals surface area contributed by atoms with Gasteiger partial charge in [-0.15, -0.1) is 0 Å². The van der Waals surface area contributed by atoms with Crippen molar-refractivity contribution in [2.24, 2.45) is 0 Å². The first-order valence-corrected chi connectivity index (χ1v) is 6.49. The van der Waals surface area contributed by atoms with E-state index in [0.29, 0.717) is 12.6 Å². The van der Waals surface area contributed by atoms with Crippen LogP contribution in [-0.2, 0) is 6.54 Å². The first kappa shape index (κ1) is 13.3. The molecule has 1 heterocycles. The van der Waals surface area contributed by atoms with Crippen LogP contribution < -0.4 is 10.2 Å². The zero-order valence-corrected chi connectivity index (χ0v) is 11.4. The van der Waals surface area contributed by atoms with Gasteiger partial charge in [0.2, 0.25) is 0 Å². The van der Waals surface area contributed by atoms with Gasteiger partial charge in [-0.3, -0.25) is 0 Å². The number of halogens is 1. The Kier molecular flexibility index (Phi) is 4.19. The van der Waals surface area contributed by atoms with E-state index in [1.165, 1.54) is 0 Å². The van der Waals surface area contributed by atoms with Gasteiger partial charge in [0.1, 0.15) is 5.82 Å². The molecule has 0 spiro atoms. The van der Waals surface area contributed by atoms with Gasteiger partial charge in [0, 0.05) is 37.9 Å². The second-order valence-corrected chi connectivity index (χ2v) is 5.15. The van der Waals surface area contributed by atoms with E-state index in [0.717, 1.165) is 30.9 Å². The maximum absolute atomic E-state index is 13.6. The lowest BCUT2D eigenvalue weighted by Gasteiger charge is -2.40. The van der Waals surface area contributed by atoms with Crippen LogP contribution >= 0.6 is 0 Å². The van der Waals surface area contributed by atoms with Gasteiger partial charge in [-0.25, -0.2) is 4.39 Å². The van der Waals surface area contributed by atoms with E-state index in [-0.39, 0.29) is 5.82 Å². The number of rotatable bonds is 3. The van der Waals surface area contributed by atoms with E-state index in [2.05, 4.69) is 35.2 Å². The van der Waals surface area contributed by atoms with Gasteiger partial charge in [-0.1, -0.05) is 0 Å². The summed E-state index contributed by atoms with van der Waals surface area (Å²) in [5, 5.41) is 3.07. The topological polar surface area (TPSA) is 18.5 Å². The summed E-state index contributed by atoms with van der Waals surface area (Å²) in [6.07, 6.45) is 0. The van der Waals surface area contributed by atoms with Crippen molar-refractivity contribution < 1.29 is 4.39 Å². The molecule has 0 radical (unpaired) electrons. The van der Waals surface area contributed by atoms with Crippen molar-refractivity contribution in [3.05, 3.63) is 29.6 Å². The SMILES string of the molecule is CNCc1cc(F)cc(N2CCN(C)CC2C)c1. The van der Waals surface area contributed by atoms with Crippen LogP contribution in [0.1, 0.15) is 12.5 Å². The number of hydrogen-bond acceptors (Lipinski definition) is 3. The molecule has 0 aliphatic carbocycles. The van der Waals surface area contributed by atoms with Gasteiger partial charge in [-0.05, 0) is 44.8 Å². The van der Waals surface area contributed by atoms with Crippen LogP contribution in [0.5, 0.6) is 0 Å². The average molecular weight is 251 g/mol. The Labute approximate surface area is 109 Å². The van der Waals surface area contributed by atoms with Crippen molar-refractivity contribution in [1.82, 2.24) is 10.2 Å². The van der Waals surface area contributed by atoms with Gasteiger partial charge in [0.05, 0.1) is 0 Å². The van der Waals surface area contributed by atoms with E-state index in [1.807, 2.05) is 7.05 Å². The summed E-state index contributed by atoms with van der Waals surface area (Å²) in [5.41, 5.74) is 2.00. The molecule has 100 valence electrons. The third-order valence-electron chi connectivity index (χ3n) is 3.49. The van der Waals surface area contributed by atoms with E-state index in [1.54, 1.807) is 12.1 Å². The highest BCUT2D eigenvalue weighted by Gasteiger charge is 2.22. The molecule has 4 heteroatoms. The molecule has 1 fully saturated rings. The molecule has 2 rings (SSSR count). The highest BCUT2D eigenvalue weighted by atomic mass is 19.1. The smallest absolute Gasteiger partial charge is 0.125 e. The average Bonchev–Trinajstić information content (AvgIpc) is 2.28. The lowest BCUT2D eigenvalue weighted by molar-refractivity contribution is 0.275. The molecule has 1 aromatic rings. The summed E-state index contributed by atoms with van der Waals surface area (Å²) in [6, 6.07) is 5.75. The molecule has 1 saturated heterocycles. The Morgan fingerprint density at radius 3 is 2.78 bits per heavy atom. The zero-order valence-electron chi connectivity index (χ0n) is 11.4. The Morgan fingerprint density at radius 2 is 2.11 bits per heavy atom. The van der Waals surface area contributed by atoms with Crippen LogP contribution in [0.25, 0.3) is 0 Å². The predicted molar refractivity (Wildman–Crippen MR) is 73.5 cm³/mol. The highest BCUT2D eigenvalue weighted by Crippen LogP contribution is 2.23. The monoisotopic (exact) mass is 251 g/mol. The van der Waals surface area contributed by atoms with Crippen LogP contribution in [0.3, 0.4) is 0 Å². The molecule has 1 aliphatic rings. The third kappa shape index (κ3) is 3.00. The number of anilines is 1. The van der Waals surface area contributed by atoms with Crippen molar-refractivity contribution in [2.45, 2.75) is 19.5 Å². The van der Waals surface area contributed by atoms with Gasteiger partial charge >= 0.3 is 0 Å². The fourth-order valence-corrected chi connectivity index (χ4v) is 2.63. The first-order valence-electron chi connectivity index (χ1n) is 6.49. The van der Waals surface area contributed by atoms with Crippen molar-refractivity contribution in [2.75, 3.05) is 38.6 Å².